The van der Waals surface area contributed by atoms with Crippen LogP contribution in [0.1, 0.15) is 54.2 Å². The van der Waals surface area contributed by atoms with E-state index >= 15 is 0 Å². The summed E-state index contributed by atoms with van der Waals surface area (Å²) in [6.07, 6.45) is 0.567. The highest BCUT2D eigenvalue weighted by Crippen LogP contribution is 2.26. The van der Waals surface area contributed by atoms with Crippen molar-refractivity contribution in [3.8, 4) is 5.75 Å². The number of aryl methyl sites for hydroxylation is 3. The van der Waals surface area contributed by atoms with Crippen LogP contribution >= 0.6 is 0 Å². The summed E-state index contributed by atoms with van der Waals surface area (Å²) in [5.41, 5.74) is 7.00. The van der Waals surface area contributed by atoms with Crippen molar-refractivity contribution in [2.75, 3.05) is 6.54 Å². The van der Waals surface area contributed by atoms with Gasteiger partial charge in [0.1, 0.15) is 18.0 Å². The highest BCUT2D eigenvalue weighted by Gasteiger charge is 2.25. The van der Waals surface area contributed by atoms with Crippen molar-refractivity contribution in [3.63, 3.8) is 0 Å². The molecule has 0 unspecified atom stereocenters. The Hall–Kier alpha value is -2.49. The highest BCUT2D eigenvalue weighted by molar-refractivity contribution is 5.68. The lowest BCUT2D eigenvalue weighted by Gasteiger charge is -2.31. The third-order valence-electron chi connectivity index (χ3n) is 5.07. The van der Waals surface area contributed by atoms with Crippen LogP contribution in [0.25, 0.3) is 0 Å². The van der Waals surface area contributed by atoms with E-state index in [9.17, 15) is 4.79 Å². The molecule has 0 aliphatic carbocycles. The van der Waals surface area contributed by atoms with Crippen LogP contribution in [0.2, 0.25) is 0 Å². The topological polar surface area (TPSA) is 38.8 Å². The average Bonchev–Trinajstić information content (AvgIpc) is 2.58. The summed E-state index contributed by atoms with van der Waals surface area (Å²) in [6.45, 7) is 13.9. The van der Waals surface area contributed by atoms with Gasteiger partial charge in [0.25, 0.3) is 0 Å². The normalized spacial score (nSPS) is 13.9. The van der Waals surface area contributed by atoms with Crippen LogP contribution in [0.5, 0.6) is 5.75 Å². The average molecular weight is 382 g/mol. The van der Waals surface area contributed by atoms with E-state index in [2.05, 4.69) is 45.0 Å². The van der Waals surface area contributed by atoms with E-state index in [0.29, 0.717) is 19.7 Å². The summed E-state index contributed by atoms with van der Waals surface area (Å²) in [5.74, 6) is 0.879. The lowest BCUT2D eigenvalue weighted by Crippen LogP contribution is -2.39. The molecule has 0 atom stereocenters. The standard InChI is InChI=1S/C24H31NO3/c1-16-11-17(2)22(18(3)12-16)15-27-21-8-7-20-14-25(10-9-19(20)13-21)23(26)28-24(4,5)6/h7-8,11-13H,9-10,14-15H2,1-6H3. The van der Waals surface area contributed by atoms with Crippen LogP contribution in [-0.2, 0) is 24.3 Å². The Morgan fingerprint density at radius 2 is 1.71 bits per heavy atom. The molecule has 28 heavy (non-hydrogen) atoms. The number of rotatable bonds is 3. The summed E-state index contributed by atoms with van der Waals surface area (Å²) in [7, 11) is 0. The Balaban J connectivity index is 1.66. The SMILES string of the molecule is Cc1cc(C)c(COc2ccc3c(c2)CCN(C(=O)OC(C)(C)C)C3)c(C)c1. The van der Waals surface area contributed by atoms with Gasteiger partial charge in [-0.3, -0.25) is 0 Å². The number of carbonyl (C=O) groups is 1. The van der Waals surface area contributed by atoms with E-state index in [1.165, 1.54) is 27.8 Å². The summed E-state index contributed by atoms with van der Waals surface area (Å²) in [6, 6.07) is 10.6. The number of amides is 1. The third-order valence-corrected chi connectivity index (χ3v) is 5.07. The summed E-state index contributed by atoms with van der Waals surface area (Å²) < 4.78 is 11.6. The van der Waals surface area contributed by atoms with Crippen LogP contribution in [0.15, 0.2) is 30.3 Å². The Bertz CT molecular complexity index is 857. The largest absolute Gasteiger partial charge is 0.489 e. The lowest BCUT2D eigenvalue weighted by atomic mass is 9.99. The number of fused-ring (bicyclic) bond motifs is 1. The quantitative estimate of drug-likeness (QED) is 0.706. The minimum absolute atomic E-state index is 0.246. The molecule has 1 aliphatic rings. The van der Waals surface area contributed by atoms with Crippen molar-refractivity contribution in [2.24, 2.45) is 0 Å². The van der Waals surface area contributed by atoms with Crippen molar-refractivity contribution in [3.05, 3.63) is 63.7 Å². The smallest absolute Gasteiger partial charge is 0.410 e. The van der Waals surface area contributed by atoms with Crippen LogP contribution in [0, 0.1) is 20.8 Å². The van der Waals surface area contributed by atoms with E-state index in [1.54, 1.807) is 4.90 Å². The van der Waals surface area contributed by atoms with Gasteiger partial charge in [0.15, 0.2) is 0 Å². The van der Waals surface area contributed by atoms with Crippen LogP contribution in [-0.4, -0.2) is 23.1 Å². The van der Waals surface area contributed by atoms with E-state index < -0.39 is 5.60 Å². The molecule has 1 amide bonds. The summed E-state index contributed by atoms with van der Waals surface area (Å²) in [5, 5.41) is 0. The first-order valence-corrected chi connectivity index (χ1v) is 9.91. The zero-order valence-corrected chi connectivity index (χ0v) is 17.9. The molecule has 4 nitrogen and oxygen atoms in total. The second-order valence-corrected chi connectivity index (χ2v) is 8.75. The first-order chi connectivity index (χ1) is 13.1. The van der Waals surface area contributed by atoms with Crippen molar-refractivity contribution >= 4 is 6.09 Å². The second kappa shape index (κ2) is 7.86. The molecule has 0 N–H and O–H groups in total. The fourth-order valence-corrected chi connectivity index (χ4v) is 3.69. The minimum Gasteiger partial charge on any atom is -0.489 e. The van der Waals surface area contributed by atoms with Crippen LogP contribution < -0.4 is 4.74 Å². The monoisotopic (exact) mass is 381 g/mol. The van der Waals surface area contributed by atoms with Crippen molar-refractivity contribution in [1.82, 2.24) is 4.90 Å². The lowest BCUT2D eigenvalue weighted by molar-refractivity contribution is 0.0224. The van der Waals surface area contributed by atoms with Crippen LogP contribution in [0.3, 0.4) is 0 Å². The van der Waals surface area contributed by atoms with Crippen molar-refractivity contribution < 1.29 is 14.3 Å². The Morgan fingerprint density at radius 1 is 1.04 bits per heavy atom. The molecule has 2 aromatic carbocycles. The molecule has 3 rings (SSSR count). The molecule has 4 heteroatoms. The van der Waals surface area contributed by atoms with E-state index in [0.717, 1.165) is 17.7 Å². The van der Waals surface area contributed by atoms with Crippen LogP contribution in [0.4, 0.5) is 4.79 Å². The molecule has 0 saturated heterocycles. The molecule has 0 spiro atoms. The maximum absolute atomic E-state index is 12.3. The van der Waals surface area contributed by atoms with Gasteiger partial charge < -0.3 is 14.4 Å². The first kappa shape index (κ1) is 20.2. The Kier molecular flexibility index (Phi) is 5.69. The van der Waals surface area contributed by atoms with E-state index in [-0.39, 0.29) is 6.09 Å². The van der Waals surface area contributed by atoms with Gasteiger partial charge in [-0.2, -0.15) is 0 Å². The molecule has 1 aliphatic heterocycles. The van der Waals surface area contributed by atoms with Gasteiger partial charge in [-0.15, -0.1) is 0 Å². The van der Waals surface area contributed by atoms with Gasteiger partial charge in [0.05, 0.1) is 0 Å². The van der Waals surface area contributed by atoms with Crippen molar-refractivity contribution in [2.45, 2.75) is 66.7 Å². The van der Waals surface area contributed by atoms with Crippen molar-refractivity contribution in [1.29, 1.82) is 0 Å². The maximum atomic E-state index is 12.3. The number of carbonyl (C=O) groups excluding carboxylic acids is 1. The number of hydrogen-bond donors (Lipinski definition) is 0. The minimum atomic E-state index is -0.471. The van der Waals surface area contributed by atoms with Gasteiger partial charge in [0.2, 0.25) is 0 Å². The zero-order chi connectivity index (χ0) is 20.5. The Labute approximate surface area is 168 Å². The fraction of sp³-hybridized carbons (Fsp3) is 0.458. The summed E-state index contributed by atoms with van der Waals surface area (Å²) >= 11 is 0. The molecule has 0 radical (unpaired) electrons. The predicted molar refractivity (Wildman–Crippen MR) is 112 cm³/mol. The second-order valence-electron chi connectivity index (χ2n) is 8.75. The molecule has 150 valence electrons. The van der Waals surface area contributed by atoms with Gasteiger partial charge >= 0.3 is 6.09 Å². The molecular formula is C24H31NO3. The first-order valence-electron chi connectivity index (χ1n) is 9.91. The number of hydrogen-bond acceptors (Lipinski definition) is 3. The Morgan fingerprint density at radius 3 is 2.36 bits per heavy atom. The number of ether oxygens (including phenoxy) is 2. The van der Waals surface area contributed by atoms with Gasteiger partial charge in [0, 0.05) is 13.1 Å². The van der Waals surface area contributed by atoms with Gasteiger partial charge in [-0.1, -0.05) is 23.8 Å². The van der Waals surface area contributed by atoms with Gasteiger partial charge in [-0.25, -0.2) is 4.79 Å². The molecule has 0 saturated carbocycles. The molecule has 2 aromatic rings. The molecule has 1 heterocycles. The maximum Gasteiger partial charge on any atom is 0.410 e. The van der Waals surface area contributed by atoms with E-state index in [1.807, 2.05) is 26.8 Å². The molecule has 0 fully saturated rings. The highest BCUT2D eigenvalue weighted by atomic mass is 16.6. The molecule has 0 aromatic heterocycles. The van der Waals surface area contributed by atoms with Gasteiger partial charge in [-0.05, 0) is 87.9 Å². The van der Waals surface area contributed by atoms with E-state index in [4.69, 9.17) is 9.47 Å². The molecular weight excluding hydrogens is 350 g/mol. The summed E-state index contributed by atoms with van der Waals surface area (Å²) in [4.78, 5) is 14.1. The third kappa shape index (κ3) is 4.86. The predicted octanol–water partition coefficient (Wildman–Crippen LogP) is 5.48. The number of benzene rings is 2. The zero-order valence-electron chi connectivity index (χ0n) is 17.9. The fourth-order valence-electron chi connectivity index (χ4n) is 3.69. The number of nitrogens with zero attached hydrogens (tertiary/aromatic N) is 1. The molecule has 0 bridgehead atoms.